The molecule has 0 bridgehead atoms. The van der Waals surface area contributed by atoms with Gasteiger partial charge in [0.05, 0.1) is 28.7 Å². The number of hydrogen-bond acceptors (Lipinski definition) is 7. The number of esters is 1. The van der Waals surface area contributed by atoms with Crippen molar-refractivity contribution in [3.63, 3.8) is 0 Å². The third-order valence-corrected chi connectivity index (χ3v) is 7.48. The minimum atomic E-state index is -0.730. The van der Waals surface area contributed by atoms with Crippen molar-refractivity contribution in [2.24, 2.45) is 17.8 Å². The molecule has 10 heteroatoms. The third-order valence-electron chi connectivity index (χ3n) is 7.15. The predicted molar refractivity (Wildman–Crippen MR) is 139 cm³/mol. The highest BCUT2D eigenvalue weighted by Gasteiger charge is 2.53. The Kier molecular flexibility index (Phi) is 7.34. The Morgan fingerprint density at radius 1 is 0.974 bits per heavy atom. The molecule has 1 aliphatic heterocycles. The first-order chi connectivity index (χ1) is 18.7. The summed E-state index contributed by atoms with van der Waals surface area (Å²) in [6.07, 6.45) is 3.25. The van der Waals surface area contributed by atoms with Gasteiger partial charge in [0.15, 0.2) is 5.78 Å². The highest BCUT2D eigenvalue weighted by Crippen LogP contribution is 2.41. The first-order valence-electron chi connectivity index (χ1n) is 12.6. The number of halogens is 1. The van der Waals surface area contributed by atoms with E-state index in [-0.39, 0.29) is 33.6 Å². The number of ketones is 1. The molecule has 0 spiro atoms. The van der Waals surface area contributed by atoms with Crippen LogP contribution in [0.2, 0.25) is 5.02 Å². The fourth-order valence-corrected chi connectivity index (χ4v) is 5.32. The van der Waals surface area contributed by atoms with Gasteiger partial charge in [-0.15, -0.1) is 0 Å². The summed E-state index contributed by atoms with van der Waals surface area (Å²) < 4.78 is 10.2. The first kappa shape index (κ1) is 26.4. The third kappa shape index (κ3) is 5.22. The van der Waals surface area contributed by atoms with Crippen LogP contribution in [-0.2, 0) is 9.59 Å². The average molecular weight is 549 g/mol. The molecule has 2 aromatic carbocycles. The Labute approximate surface area is 229 Å². The van der Waals surface area contributed by atoms with E-state index < -0.39 is 47.9 Å². The lowest BCUT2D eigenvalue weighted by molar-refractivity contribution is -0.154. The number of amides is 3. The number of ether oxygens (including phenoxy) is 1. The number of rotatable bonds is 7. The molecule has 1 aliphatic carbocycles. The van der Waals surface area contributed by atoms with Crippen molar-refractivity contribution in [3.8, 4) is 5.75 Å². The van der Waals surface area contributed by atoms with Crippen molar-refractivity contribution in [1.29, 1.82) is 0 Å². The fraction of sp³-hybridized carbons (Fsp3) is 0.276. The molecule has 2 heterocycles. The molecular formula is C29H25ClN2O7. The highest BCUT2D eigenvalue weighted by atomic mass is 35.5. The quantitative estimate of drug-likeness (QED) is 0.180. The molecule has 5 rings (SSSR count). The van der Waals surface area contributed by atoms with E-state index in [1.54, 1.807) is 18.2 Å². The van der Waals surface area contributed by atoms with Gasteiger partial charge >= 0.3 is 5.97 Å². The zero-order valence-corrected chi connectivity index (χ0v) is 21.8. The summed E-state index contributed by atoms with van der Waals surface area (Å²) >= 11 is 6.26. The second-order valence-electron chi connectivity index (χ2n) is 9.78. The maximum absolute atomic E-state index is 13.6. The van der Waals surface area contributed by atoms with Crippen molar-refractivity contribution in [2.75, 3.05) is 6.54 Å². The van der Waals surface area contributed by atoms with Crippen LogP contribution in [0.4, 0.5) is 0 Å². The Hall–Kier alpha value is -4.24. The summed E-state index contributed by atoms with van der Waals surface area (Å²) in [4.78, 5) is 65.9. The van der Waals surface area contributed by atoms with Crippen LogP contribution in [0.1, 0.15) is 57.5 Å². The van der Waals surface area contributed by atoms with E-state index in [2.05, 4.69) is 0 Å². The minimum absolute atomic E-state index is 0.0267. The van der Waals surface area contributed by atoms with Gasteiger partial charge in [-0.1, -0.05) is 30.7 Å². The Bertz CT molecular complexity index is 1430. The van der Waals surface area contributed by atoms with Crippen molar-refractivity contribution in [1.82, 2.24) is 10.0 Å². The van der Waals surface area contributed by atoms with Crippen LogP contribution in [-0.4, -0.2) is 46.0 Å². The smallest absolute Gasteiger partial charge is 0.379 e. The zero-order valence-electron chi connectivity index (χ0n) is 21.0. The molecule has 3 amide bonds. The van der Waals surface area contributed by atoms with Crippen molar-refractivity contribution < 1.29 is 33.1 Å². The van der Waals surface area contributed by atoms with Gasteiger partial charge < -0.3 is 9.15 Å². The fourth-order valence-electron chi connectivity index (χ4n) is 5.11. The van der Waals surface area contributed by atoms with Crippen LogP contribution in [0.3, 0.4) is 0 Å². The summed E-state index contributed by atoms with van der Waals surface area (Å²) in [6, 6.07) is 15.0. The molecule has 9 nitrogen and oxygen atoms in total. The van der Waals surface area contributed by atoms with E-state index in [0.717, 1.165) is 16.4 Å². The highest BCUT2D eigenvalue weighted by molar-refractivity contribution is 6.34. The van der Waals surface area contributed by atoms with E-state index in [4.69, 9.17) is 20.8 Å². The van der Waals surface area contributed by atoms with E-state index in [1.165, 1.54) is 48.7 Å². The maximum atomic E-state index is 13.6. The summed E-state index contributed by atoms with van der Waals surface area (Å²) in [6.45, 7) is 1.46. The van der Waals surface area contributed by atoms with Crippen LogP contribution in [0.5, 0.6) is 5.75 Å². The minimum Gasteiger partial charge on any atom is -0.457 e. The Morgan fingerprint density at radius 3 is 2.38 bits per heavy atom. The lowest BCUT2D eigenvalue weighted by atomic mass is 9.76. The van der Waals surface area contributed by atoms with Gasteiger partial charge in [0, 0.05) is 5.56 Å². The number of fused-ring (bicyclic) bond motifs is 1. The maximum Gasteiger partial charge on any atom is 0.379 e. The second kappa shape index (κ2) is 10.9. The normalized spacial score (nSPS) is 20.5. The van der Waals surface area contributed by atoms with E-state index >= 15 is 0 Å². The number of Topliss-reactive ketones (excluding diaryl/α,β-unsaturated/α-hetero) is 1. The summed E-state index contributed by atoms with van der Waals surface area (Å²) in [5, 5.41) is 1.88. The predicted octanol–water partition coefficient (Wildman–Crippen LogP) is 4.81. The molecule has 0 unspecified atom stereocenters. The van der Waals surface area contributed by atoms with Crippen molar-refractivity contribution in [2.45, 2.75) is 26.2 Å². The van der Waals surface area contributed by atoms with Gasteiger partial charge in [0.2, 0.25) is 5.76 Å². The SMILES string of the molecule is C[C@@H]1CC[C@H]2C(=O)N(N(CC(=O)c3ccc(OC(=O)c4ccco4)cc3)C(=O)c3ccccc3Cl)C(=O)[C@H]2C1. The standard InChI is InChI=1S/C29H25ClN2O7/c1-17-8-13-20-22(15-17)28(36)32(27(20)35)31(26(34)21-5-2-3-6-23(21)30)16-24(33)18-9-11-19(12-10-18)39-29(37)25-7-4-14-38-25/h2-7,9-12,14,17,20,22H,8,13,15-16H2,1H3/t17-,20-,22+/m1/s1. The monoisotopic (exact) mass is 548 g/mol. The van der Waals surface area contributed by atoms with Crippen molar-refractivity contribution in [3.05, 3.63) is 88.8 Å². The van der Waals surface area contributed by atoms with E-state index in [0.29, 0.717) is 12.8 Å². The Balaban J connectivity index is 1.40. The molecule has 3 aromatic rings. The molecule has 2 fully saturated rings. The lowest BCUT2D eigenvalue weighted by Crippen LogP contribution is -2.52. The van der Waals surface area contributed by atoms with Crippen LogP contribution in [0, 0.1) is 17.8 Å². The van der Waals surface area contributed by atoms with Gasteiger partial charge in [-0.05, 0) is 73.7 Å². The molecule has 3 atom stereocenters. The van der Waals surface area contributed by atoms with Gasteiger partial charge in [-0.25, -0.2) is 9.80 Å². The lowest BCUT2D eigenvalue weighted by Gasteiger charge is -2.30. The molecule has 0 N–H and O–H groups in total. The molecule has 39 heavy (non-hydrogen) atoms. The molecule has 1 saturated heterocycles. The number of furan rings is 1. The number of benzene rings is 2. The largest absolute Gasteiger partial charge is 0.457 e. The van der Waals surface area contributed by atoms with Gasteiger partial charge in [0.1, 0.15) is 12.3 Å². The topological polar surface area (TPSA) is 114 Å². The van der Waals surface area contributed by atoms with Gasteiger partial charge in [0.25, 0.3) is 17.7 Å². The molecule has 2 aliphatic rings. The summed E-state index contributed by atoms with van der Waals surface area (Å²) in [7, 11) is 0. The van der Waals surface area contributed by atoms with Crippen LogP contribution < -0.4 is 4.74 Å². The summed E-state index contributed by atoms with van der Waals surface area (Å²) in [5.41, 5.74) is 0.255. The van der Waals surface area contributed by atoms with E-state index in [1.807, 2.05) is 6.92 Å². The first-order valence-corrected chi connectivity index (χ1v) is 13.0. The van der Waals surface area contributed by atoms with Gasteiger partial charge in [-0.3, -0.25) is 19.2 Å². The molecular weight excluding hydrogens is 524 g/mol. The van der Waals surface area contributed by atoms with Gasteiger partial charge in [-0.2, -0.15) is 5.01 Å². The van der Waals surface area contributed by atoms with Crippen LogP contribution in [0.15, 0.2) is 71.3 Å². The zero-order chi connectivity index (χ0) is 27.7. The summed E-state index contributed by atoms with van der Waals surface area (Å²) in [5.74, 6) is -3.48. The number of nitrogens with zero attached hydrogens (tertiary/aromatic N) is 2. The number of hydrogen-bond donors (Lipinski definition) is 0. The Morgan fingerprint density at radius 2 is 1.69 bits per heavy atom. The molecule has 1 saturated carbocycles. The number of imide groups is 1. The molecule has 1 aromatic heterocycles. The van der Waals surface area contributed by atoms with Crippen LogP contribution in [0.25, 0.3) is 0 Å². The van der Waals surface area contributed by atoms with Crippen LogP contribution >= 0.6 is 11.6 Å². The second-order valence-corrected chi connectivity index (χ2v) is 10.2. The molecule has 200 valence electrons. The number of carbonyl (C=O) groups is 5. The van der Waals surface area contributed by atoms with Crippen molar-refractivity contribution >= 4 is 41.1 Å². The number of carbonyl (C=O) groups excluding carboxylic acids is 5. The number of hydrazine groups is 1. The molecule has 0 radical (unpaired) electrons. The van der Waals surface area contributed by atoms with E-state index in [9.17, 15) is 24.0 Å². The average Bonchev–Trinajstić information content (AvgIpc) is 3.55.